The number of rotatable bonds is 11. The second-order valence-electron chi connectivity index (χ2n) is 7.45. The number of hydrogen-bond acceptors (Lipinski definition) is 7. The van der Waals surface area contributed by atoms with Crippen molar-refractivity contribution in [2.75, 3.05) is 37.9 Å². The molecule has 0 atom stereocenters. The SMILES string of the molecule is CCOCCNc1nc(SC)nc2c1cnn2CCNC(=O)Cc1cccc2ccccc12. The lowest BCUT2D eigenvalue weighted by atomic mass is 10.0. The van der Waals surface area contributed by atoms with Crippen LogP contribution in [-0.4, -0.2) is 58.2 Å². The van der Waals surface area contributed by atoms with Crippen LogP contribution in [0.4, 0.5) is 5.82 Å². The average Bonchev–Trinajstić information content (AvgIpc) is 3.25. The molecule has 33 heavy (non-hydrogen) atoms. The van der Waals surface area contributed by atoms with Crippen molar-refractivity contribution in [2.45, 2.75) is 25.0 Å². The predicted octanol–water partition coefficient (Wildman–Crippen LogP) is 3.51. The molecule has 2 N–H and O–H groups in total. The quantitative estimate of drug-likeness (QED) is 0.199. The Morgan fingerprint density at radius 2 is 1.94 bits per heavy atom. The normalized spacial score (nSPS) is 11.2. The van der Waals surface area contributed by atoms with E-state index in [1.807, 2.05) is 42.1 Å². The van der Waals surface area contributed by atoms with E-state index in [9.17, 15) is 4.79 Å². The van der Waals surface area contributed by atoms with E-state index < -0.39 is 0 Å². The number of aromatic nitrogens is 4. The van der Waals surface area contributed by atoms with Gasteiger partial charge in [-0.1, -0.05) is 54.2 Å². The van der Waals surface area contributed by atoms with E-state index in [1.165, 1.54) is 11.8 Å². The second-order valence-corrected chi connectivity index (χ2v) is 8.23. The van der Waals surface area contributed by atoms with Crippen LogP contribution in [0.5, 0.6) is 0 Å². The Bertz CT molecular complexity index is 1240. The van der Waals surface area contributed by atoms with Crippen molar-refractivity contribution >= 4 is 45.3 Å². The molecular formula is C24H28N6O2S. The van der Waals surface area contributed by atoms with Crippen molar-refractivity contribution < 1.29 is 9.53 Å². The van der Waals surface area contributed by atoms with Crippen LogP contribution in [-0.2, 0) is 22.5 Å². The molecule has 0 spiro atoms. The zero-order chi connectivity index (χ0) is 23.0. The first kappa shape index (κ1) is 23.0. The lowest BCUT2D eigenvalue weighted by Gasteiger charge is -2.10. The maximum atomic E-state index is 12.6. The monoisotopic (exact) mass is 464 g/mol. The molecule has 0 aliphatic carbocycles. The molecule has 4 aromatic rings. The number of carbonyl (C=O) groups is 1. The number of hydrogen-bond donors (Lipinski definition) is 2. The van der Waals surface area contributed by atoms with E-state index in [4.69, 9.17) is 4.74 Å². The molecule has 0 aliphatic rings. The van der Waals surface area contributed by atoms with Gasteiger partial charge in [0.15, 0.2) is 10.8 Å². The minimum Gasteiger partial charge on any atom is -0.380 e. The first-order valence-corrected chi connectivity index (χ1v) is 12.2. The van der Waals surface area contributed by atoms with E-state index in [1.54, 1.807) is 6.20 Å². The third-order valence-corrected chi connectivity index (χ3v) is 5.83. The van der Waals surface area contributed by atoms with Gasteiger partial charge in [-0.2, -0.15) is 5.10 Å². The van der Waals surface area contributed by atoms with Gasteiger partial charge in [0.05, 0.1) is 31.2 Å². The van der Waals surface area contributed by atoms with Gasteiger partial charge in [-0.15, -0.1) is 0 Å². The van der Waals surface area contributed by atoms with Crippen LogP contribution in [0.25, 0.3) is 21.8 Å². The molecule has 172 valence electrons. The van der Waals surface area contributed by atoms with Crippen LogP contribution >= 0.6 is 11.8 Å². The van der Waals surface area contributed by atoms with Crippen LogP contribution in [0, 0.1) is 0 Å². The predicted molar refractivity (Wildman–Crippen MR) is 133 cm³/mol. The smallest absolute Gasteiger partial charge is 0.224 e. The summed E-state index contributed by atoms with van der Waals surface area (Å²) >= 11 is 1.48. The summed E-state index contributed by atoms with van der Waals surface area (Å²) < 4.78 is 7.21. The van der Waals surface area contributed by atoms with Gasteiger partial charge < -0.3 is 15.4 Å². The van der Waals surface area contributed by atoms with E-state index in [0.717, 1.165) is 33.2 Å². The molecule has 0 radical (unpaired) electrons. The first-order chi connectivity index (χ1) is 16.2. The number of amides is 1. The fraction of sp³-hybridized carbons (Fsp3) is 0.333. The number of fused-ring (bicyclic) bond motifs is 2. The molecule has 0 aliphatic heterocycles. The zero-order valence-electron chi connectivity index (χ0n) is 18.9. The summed E-state index contributed by atoms with van der Waals surface area (Å²) in [4.78, 5) is 21.8. The third kappa shape index (κ3) is 5.61. The first-order valence-electron chi connectivity index (χ1n) is 11.0. The van der Waals surface area contributed by atoms with Crippen molar-refractivity contribution in [3.63, 3.8) is 0 Å². The van der Waals surface area contributed by atoms with Crippen LogP contribution in [0.3, 0.4) is 0 Å². The van der Waals surface area contributed by atoms with Crippen molar-refractivity contribution in [3.05, 3.63) is 54.2 Å². The Morgan fingerprint density at radius 3 is 2.79 bits per heavy atom. The topological polar surface area (TPSA) is 94.0 Å². The summed E-state index contributed by atoms with van der Waals surface area (Å²) in [6, 6.07) is 14.2. The summed E-state index contributed by atoms with van der Waals surface area (Å²) in [5, 5.41) is 14.6. The Kier molecular flexibility index (Phi) is 7.74. The molecule has 0 saturated heterocycles. The lowest BCUT2D eigenvalue weighted by molar-refractivity contribution is -0.120. The van der Waals surface area contributed by atoms with Gasteiger partial charge in [0.1, 0.15) is 5.82 Å². The molecular weight excluding hydrogens is 436 g/mol. The molecule has 1 amide bonds. The number of carbonyl (C=O) groups excluding carboxylic acids is 1. The van der Waals surface area contributed by atoms with Crippen LogP contribution in [0.2, 0.25) is 0 Å². The molecule has 4 rings (SSSR count). The maximum absolute atomic E-state index is 12.6. The highest BCUT2D eigenvalue weighted by Gasteiger charge is 2.13. The van der Waals surface area contributed by atoms with Gasteiger partial charge in [0.25, 0.3) is 0 Å². The van der Waals surface area contributed by atoms with Gasteiger partial charge in [-0.05, 0) is 29.5 Å². The molecule has 2 aromatic carbocycles. The van der Waals surface area contributed by atoms with Gasteiger partial charge in [0.2, 0.25) is 5.91 Å². The van der Waals surface area contributed by atoms with Gasteiger partial charge in [0, 0.05) is 19.7 Å². The third-order valence-electron chi connectivity index (χ3n) is 5.28. The minimum absolute atomic E-state index is 0.0134. The summed E-state index contributed by atoms with van der Waals surface area (Å²) in [5.74, 6) is 0.732. The number of nitrogens with one attached hydrogen (secondary N) is 2. The Morgan fingerprint density at radius 1 is 1.09 bits per heavy atom. The number of anilines is 1. The molecule has 0 unspecified atom stereocenters. The Labute approximate surface area is 197 Å². The number of ether oxygens (including phenoxy) is 1. The zero-order valence-corrected chi connectivity index (χ0v) is 19.7. The average molecular weight is 465 g/mol. The summed E-state index contributed by atoms with van der Waals surface area (Å²) in [7, 11) is 0. The summed E-state index contributed by atoms with van der Waals surface area (Å²) in [6.07, 6.45) is 4.05. The van der Waals surface area contributed by atoms with Crippen LogP contribution in [0.15, 0.2) is 53.8 Å². The van der Waals surface area contributed by atoms with Crippen LogP contribution in [0.1, 0.15) is 12.5 Å². The Balaban J connectivity index is 1.40. The standard InChI is InChI=1S/C24H28N6O2S/c1-3-32-14-12-26-22-20-16-27-30(23(20)29-24(28-22)33-2)13-11-25-21(31)15-18-9-6-8-17-7-4-5-10-19(17)18/h4-10,16H,3,11-15H2,1-2H3,(H,25,31)(H,26,28,29). The minimum atomic E-state index is -0.0134. The van der Waals surface area contributed by atoms with Crippen molar-refractivity contribution in [1.29, 1.82) is 0 Å². The lowest BCUT2D eigenvalue weighted by Crippen LogP contribution is -2.29. The molecule has 0 fully saturated rings. The van der Waals surface area contributed by atoms with E-state index >= 15 is 0 Å². The van der Waals surface area contributed by atoms with Crippen molar-refractivity contribution in [1.82, 2.24) is 25.1 Å². The van der Waals surface area contributed by atoms with Gasteiger partial charge in [-0.25, -0.2) is 14.6 Å². The Hall–Kier alpha value is -3.17. The van der Waals surface area contributed by atoms with Crippen molar-refractivity contribution in [3.8, 4) is 0 Å². The van der Waals surface area contributed by atoms with Gasteiger partial charge in [-0.3, -0.25) is 4.79 Å². The largest absolute Gasteiger partial charge is 0.380 e. The highest BCUT2D eigenvalue weighted by molar-refractivity contribution is 7.98. The number of benzene rings is 2. The molecule has 8 nitrogen and oxygen atoms in total. The highest BCUT2D eigenvalue weighted by atomic mass is 32.2. The van der Waals surface area contributed by atoms with Crippen molar-refractivity contribution in [2.24, 2.45) is 0 Å². The summed E-state index contributed by atoms with van der Waals surface area (Å²) in [6.45, 7) is 4.90. The molecule has 2 aromatic heterocycles. The second kappa shape index (κ2) is 11.1. The fourth-order valence-corrected chi connectivity index (χ4v) is 4.05. The number of nitrogens with zero attached hydrogens (tertiary/aromatic N) is 4. The van der Waals surface area contributed by atoms with E-state index in [2.05, 4.69) is 43.9 Å². The van der Waals surface area contributed by atoms with E-state index in [-0.39, 0.29) is 5.91 Å². The van der Waals surface area contributed by atoms with E-state index in [0.29, 0.717) is 44.4 Å². The molecule has 2 heterocycles. The number of thioether (sulfide) groups is 1. The van der Waals surface area contributed by atoms with Gasteiger partial charge >= 0.3 is 0 Å². The molecule has 9 heteroatoms. The fourth-order valence-electron chi connectivity index (χ4n) is 3.69. The summed E-state index contributed by atoms with van der Waals surface area (Å²) in [5.41, 5.74) is 1.77. The van der Waals surface area contributed by atoms with Crippen LogP contribution < -0.4 is 10.6 Å². The maximum Gasteiger partial charge on any atom is 0.224 e. The molecule has 0 bridgehead atoms. The molecule has 0 saturated carbocycles. The highest BCUT2D eigenvalue weighted by Crippen LogP contribution is 2.23.